The Morgan fingerprint density at radius 2 is 2.15 bits per heavy atom. The minimum Gasteiger partial charge on any atom is -0.308 e. The van der Waals surface area contributed by atoms with Crippen molar-refractivity contribution in [2.24, 2.45) is 0 Å². The van der Waals surface area contributed by atoms with Gasteiger partial charge in [0.25, 0.3) is 0 Å². The number of rotatable bonds is 7. The summed E-state index contributed by atoms with van der Waals surface area (Å²) in [5, 5.41) is 0.453. The van der Waals surface area contributed by atoms with Gasteiger partial charge >= 0.3 is 0 Å². The van der Waals surface area contributed by atoms with Crippen molar-refractivity contribution in [3.63, 3.8) is 0 Å². The predicted molar refractivity (Wildman–Crippen MR) is 68.5 cm³/mol. The molecule has 0 aromatic heterocycles. The molecule has 0 saturated heterocycles. The molecule has 0 aliphatic heterocycles. The Labute approximate surface area is 97.4 Å². The van der Waals surface area contributed by atoms with E-state index in [1.807, 2.05) is 14.1 Å². The number of carbonyl (C=O) groups excluding carboxylic acids is 1. The molecule has 0 radical (unpaired) electrons. The standard InChI is InChI=1S/C9H18INOS/c1-4-5-8(12)6-9(13-10)7-11(2)3/h9H,4-7H2,1-3H3. The number of ketones is 1. The number of hydrogen-bond acceptors (Lipinski definition) is 3. The van der Waals surface area contributed by atoms with Crippen LogP contribution >= 0.6 is 30.1 Å². The van der Waals surface area contributed by atoms with Crippen LogP contribution in [-0.4, -0.2) is 36.6 Å². The summed E-state index contributed by atoms with van der Waals surface area (Å²) in [6, 6.07) is 0. The first-order valence-corrected chi connectivity index (χ1v) is 7.96. The second-order valence-corrected chi connectivity index (χ2v) is 5.84. The van der Waals surface area contributed by atoms with E-state index in [0.29, 0.717) is 11.0 Å². The van der Waals surface area contributed by atoms with Crippen molar-refractivity contribution in [2.75, 3.05) is 20.6 Å². The van der Waals surface area contributed by atoms with Gasteiger partial charge in [-0.05, 0) is 41.7 Å². The van der Waals surface area contributed by atoms with E-state index in [9.17, 15) is 4.79 Å². The molecule has 0 aliphatic carbocycles. The monoisotopic (exact) mass is 315 g/mol. The molecule has 2 nitrogen and oxygen atoms in total. The van der Waals surface area contributed by atoms with Crippen molar-refractivity contribution in [1.29, 1.82) is 0 Å². The van der Waals surface area contributed by atoms with Crippen molar-refractivity contribution in [1.82, 2.24) is 4.90 Å². The molecular formula is C9H18INOS. The molecule has 1 unspecified atom stereocenters. The van der Waals surface area contributed by atoms with E-state index < -0.39 is 0 Å². The van der Waals surface area contributed by atoms with Crippen LogP contribution in [0, 0.1) is 0 Å². The molecule has 0 aliphatic rings. The van der Waals surface area contributed by atoms with Crippen molar-refractivity contribution >= 4 is 35.9 Å². The fourth-order valence-corrected chi connectivity index (χ4v) is 2.79. The van der Waals surface area contributed by atoms with E-state index in [0.717, 1.165) is 25.8 Å². The van der Waals surface area contributed by atoms with Crippen molar-refractivity contribution in [3.8, 4) is 0 Å². The lowest BCUT2D eigenvalue weighted by Gasteiger charge is -2.17. The smallest absolute Gasteiger partial charge is 0.134 e. The van der Waals surface area contributed by atoms with E-state index in [1.54, 1.807) is 8.93 Å². The first kappa shape index (κ1) is 13.7. The molecule has 0 N–H and O–H groups in total. The Morgan fingerprint density at radius 3 is 2.54 bits per heavy atom. The van der Waals surface area contributed by atoms with Gasteiger partial charge in [0, 0.05) is 24.6 Å². The molecular weight excluding hydrogens is 297 g/mol. The molecule has 13 heavy (non-hydrogen) atoms. The fourth-order valence-electron chi connectivity index (χ4n) is 1.17. The predicted octanol–water partition coefficient (Wildman–Crippen LogP) is 2.76. The third-order valence-electron chi connectivity index (χ3n) is 1.68. The van der Waals surface area contributed by atoms with Crippen LogP contribution in [0.2, 0.25) is 0 Å². The van der Waals surface area contributed by atoms with Crippen LogP contribution in [0.1, 0.15) is 26.2 Å². The quantitative estimate of drug-likeness (QED) is 0.674. The molecule has 0 spiro atoms. The van der Waals surface area contributed by atoms with Gasteiger partial charge in [0.15, 0.2) is 0 Å². The zero-order valence-electron chi connectivity index (χ0n) is 8.55. The Hall–Kier alpha value is 0.710. The maximum Gasteiger partial charge on any atom is 0.134 e. The van der Waals surface area contributed by atoms with E-state index in [1.165, 1.54) is 0 Å². The van der Waals surface area contributed by atoms with Gasteiger partial charge in [-0.1, -0.05) is 15.9 Å². The van der Waals surface area contributed by atoms with E-state index >= 15 is 0 Å². The third-order valence-corrected chi connectivity index (χ3v) is 4.40. The normalized spacial score (nSPS) is 13.3. The lowest BCUT2D eigenvalue weighted by molar-refractivity contribution is -0.119. The highest BCUT2D eigenvalue weighted by Gasteiger charge is 2.13. The SMILES string of the molecule is CCCC(=O)CC(CN(C)C)SI. The summed E-state index contributed by atoms with van der Waals surface area (Å²) in [5.41, 5.74) is 0. The number of hydrogen-bond donors (Lipinski definition) is 0. The van der Waals surface area contributed by atoms with E-state index in [2.05, 4.69) is 33.0 Å². The van der Waals surface area contributed by atoms with Gasteiger partial charge in [0.2, 0.25) is 0 Å². The molecule has 0 amide bonds. The van der Waals surface area contributed by atoms with Gasteiger partial charge in [0.05, 0.1) is 0 Å². The Kier molecular flexibility index (Phi) is 8.49. The number of halogens is 1. The first-order valence-electron chi connectivity index (χ1n) is 4.54. The molecule has 0 rings (SSSR count). The molecule has 0 saturated carbocycles. The molecule has 0 bridgehead atoms. The van der Waals surface area contributed by atoms with Crippen LogP contribution in [0.5, 0.6) is 0 Å². The van der Waals surface area contributed by atoms with E-state index in [4.69, 9.17) is 0 Å². The van der Waals surface area contributed by atoms with Crippen LogP contribution in [-0.2, 0) is 4.79 Å². The summed E-state index contributed by atoms with van der Waals surface area (Å²) in [4.78, 5) is 13.5. The first-order chi connectivity index (χ1) is 6.10. The topological polar surface area (TPSA) is 20.3 Å². The van der Waals surface area contributed by atoms with Gasteiger partial charge in [-0.15, -0.1) is 0 Å². The fraction of sp³-hybridized carbons (Fsp3) is 0.889. The Bertz CT molecular complexity index is 153. The van der Waals surface area contributed by atoms with Crippen LogP contribution in [0.15, 0.2) is 0 Å². The zero-order chi connectivity index (χ0) is 10.3. The van der Waals surface area contributed by atoms with Crippen molar-refractivity contribution in [2.45, 2.75) is 31.4 Å². The van der Waals surface area contributed by atoms with Gasteiger partial charge < -0.3 is 4.90 Å². The van der Waals surface area contributed by atoms with E-state index in [-0.39, 0.29) is 0 Å². The highest BCUT2D eigenvalue weighted by molar-refractivity contribution is 14.2. The number of Topliss-reactive ketones (excluding diaryl/α,β-unsaturated/α-hetero) is 1. The summed E-state index contributed by atoms with van der Waals surface area (Å²) in [6.07, 6.45) is 2.43. The summed E-state index contributed by atoms with van der Waals surface area (Å²) in [6.45, 7) is 3.04. The van der Waals surface area contributed by atoms with Crippen LogP contribution in [0.4, 0.5) is 0 Å². The molecule has 4 heteroatoms. The van der Waals surface area contributed by atoms with Crippen molar-refractivity contribution in [3.05, 3.63) is 0 Å². The average molecular weight is 315 g/mol. The summed E-state index contributed by atoms with van der Waals surface area (Å²) in [7, 11) is 5.85. The maximum atomic E-state index is 11.4. The molecule has 0 aromatic rings. The number of carbonyl (C=O) groups is 1. The molecule has 1 atom stereocenters. The lowest BCUT2D eigenvalue weighted by Crippen LogP contribution is -2.25. The zero-order valence-corrected chi connectivity index (χ0v) is 11.5. The molecule has 78 valence electrons. The molecule has 0 aromatic carbocycles. The van der Waals surface area contributed by atoms with Crippen LogP contribution < -0.4 is 0 Å². The summed E-state index contributed by atoms with van der Waals surface area (Å²) in [5.74, 6) is 0.401. The van der Waals surface area contributed by atoms with Gasteiger partial charge in [-0.3, -0.25) is 4.79 Å². The maximum absolute atomic E-state index is 11.4. The van der Waals surface area contributed by atoms with Gasteiger partial charge in [-0.2, -0.15) is 0 Å². The summed E-state index contributed by atoms with van der Waals surface area (Å²) < 4.78 is 0. The largest absolute Gasteiger partial charge is 0.308 e. The van der Waals surface area contributed by atoms with Gasteiger partial charge in [0.1, 0.15) is 5.78 Å². The Morgan fingerprint density at radius 1 is 1.54 bits per heavy atom. The highest BCUT2D eigenvalue weighted by Crippen LogP contribution is 2.23. The Balaban J connectivity index is 3.76. The lowest BCUT2D eigenvalue weighted by atomic mass is 10.1. The molecule has 0 heterocycles. The highest BCUT2D eigenvalue weighted by atomic mass is 127. The third kappa shape index (κ3) is 7.76. The van der Waals surface area contributed by atoms with Crippen molar-refractivity contribution < 1.29 is 4.79 Å². The minimum atomic E-state index is 0.401. The molecule has 0 fully saturated rings. The average Bonchev–Trinajstić information content (AvgIpc) is 2.02. The number of nitrogens with zero attached hydrogens (tertiary/aromatic N) is 1. The van der Waals surface area contributed by atoms with Gasteiger partial charge in [-0.25, -0.2) is 0 Å². The van der Waals surface area contributed by atoms with Crippen LogP contribution in [0.25, 0.3) is 0 Å². The second kappa shape index (κ2) is 8.05. The van der Waals surface area contributed by atoms with Crippen LogP contribution in [0.3, 0.4) is 0 Å². The summed E-state index contributed by atoms with van der Waals surface area (Å²) >= 11 is 2.28. The second-order valence-electron chi connectivity index (χ2n) is 3.47. The minimum absolute atomic E-state index is 0.401.